The summed E-state index contributed by atoms with van der Waals surface area (Å²) in [6, 6.07) is -1.29. The van der Waals surface area contributed by atoms with E-state index >= 15 is 14.4 Å². The fourth-order valence-electron chi connectivity index (χ4n) is 12.8. The van der Waals surface area contributed by atoms with Crippen molar-refractivity contribution in [3.8, 4) is 57.1 Å². The van der Waals surface area contributed by atoms with E-state index in [9.17, 15) is 80.1 Å². The fraction of sp³-hybridized carbons (Fsp3) is 0.441. The number of ether oxygens (including phenoxy) is 6. The summed E-state index contributed by atoms with van der Waals surface area (Å²) in [4.78, 5) is 117. The largest absolute Gasteiger partial charge is 0.548 e. The van der Waals surface area contributed by atoms with Crippen molar-refractivity contribution in [3.05, 3.63) is 117 Å². The Balaban J connectivity index is 1.24. The zero-order valence-electron chi connectivity index (χ0n) is 56.1. The highest BCUT2D eigenvalue weighted by atomic mass is 35.5. The number of benzene rings is 5. The predicted molar refractivity (Wildman–Crippen MR) is 354 cm³/mol. The number of carbonyl (C=O) groups is 8. The summed E-state index contributed by atoms with van der Waals surface area (Å²) in [6.45, 7) is 5.69. The van der Waals surface area contributed by atoms with Crippen LogP contribution in [0.1, 0.15) is 105 Å². The van der Waals surface area contributed by atoms with Gasteiger partial charge in [-0.3, -0.25) is 33.6 Å². The maximum Gasteiger partial charge on any atom is 0.305 e. The number of aliphatic hydroxyl groups excluding tert-OH is 6. The van der Waals surface area contributed by atoms with E-state index in [1.807, 2.05) is 13.8 Å². The third-order valence-electron chi connectivity index (χ3n) is 18.3. The zero-order chi connectivity index (χ0) is 75.3. The van der Waals surface area contributed by atoms with Crippen LogP contribution in [-0.2, 0) is 52.6 Å². The van der Waals surface area contributed by atoms with Crippen LogP contribution >= 0.6 is 23.2 Å². The van der Waals surface area contributed by atoms with Gasteiger partial charge >= 0.3 is 5.97 Å². The molecule has 0 aromatic heterocycles. The molecule has 103 heavy (non-hydrogen) atoms. The molecule has 7 aliphatic rings. The number of hydrogen-bond donors (Lipinski definition) is 17. The molecule has 18 atom stereocenters. The van der Waals surface area contributed by atoms with E-state index in [1.54, 1.807) is 21.1 Å². The minimum atomic E-state index is -2.39. The summed E-state index contributed by atoms with van der Waals surface area (Å²) >= 11 is 14.1. The van der Waals surface area contributed by atoms with Crippen molar-refractivity contribution in [2.75, 3.05) is 27.7 Å². The van der Waals surface area contributed by atoms with E-state index < -0.39 is 237 Å². The average Bonchev–Trinajstić information content (AvgIpc) is 0.767. The Morgan fingerprint density at radius 3 is 1.88 bits per heavy atom. The van der Waals surface area contributed by atoms with E-state index in [2.05, 4.69) is 31.9 Å². The molecule has 5 aromatic rings. The Kier molecular flexibility index (Phi) is 22.4. The minimum Gasteiger partial charge on any atom is -0.548 e. The number of aliphatic hydroxyl groups is 6. The van der Waals surface area contributed by atoms with Gasteiger partial charge in [-0.2, -0.15) is 0 Å². The van der Waals surface area contributed by atoms with Gasteiger partial charge in [0.1, 0.15) is 89.5 Å². The molecule has 1 unspecified atom stereocenters. The van der Waals surface area contributed by atoms with Gasteiger partial charge in [0.15, 0.2) is 29.9 Å². The van der Waals surface area contributed by atoms with Crippen LogP contribution in [0.15, 0.2) is 78.9 Å². The number of aromatic hydroxyl groups is 3. The molecule has 7 heterocycles. The molecule has 0 radical (unpaired) electrons. The van der Waals surface area contributed by atoms with Crippen molar-refractivity contribution in [2.24, 2.45) is 11.7 Å². The number of phenols is 3. The van der Waals surface area contributed by atoms with Gasteiger partial charge in [-0.25, -0.2) is 0 Å². The normalized spacial score (nSPS) is 29.3. The SMILES string of the molecule is CC(C)C[C@H](C(=O)N[C@H]1C(=O)N[C@@H](CC(=O)O)C(=O)N[C@H]2C(=O)N[C@H]3C(=O)N[C@H](C(=O)N[C@H](C(=O)[O-])c4cc(O)cc(O)c4-c4cc3ccc4O)[C@H](O)c3ccc(c(Cl)c3)Oc3cc2cc(c3O[C@@H]2O[C@H](CO)[C@@H](O)[C@H](O)[C@H]2OC2C[C@](C)(N)[C@H](O)[C@H](C)O2)Oc2ccc(cc2Cl)[C@H]1O)[N+](C)(C)C. The van der Waals surface area contributed by atoms with E-state index in [0.29, 0.717) is 0 Å². The fourth-order valence-corrected chi connectivity index (χ4v) is 13.3. The number of phenolic OH excluding ortho intramolecular Hbond substituents is 3. The third-order valence-corrected chi connectivity index (χ3v) is 18.9. The Bertz CT molecular complexity index is 4160. The van der Waals surface area contributed by atoms with Gasteiger partial charge in [-0.05, 0) is 102 Å². The van der Waals surface area contributed by atoms with Gasteiger partial charge in [0.25, 0.3) is 5.91 Å². The molecule has 0 aliphatic carbocycles. The van der Waals surface area contributed by atoms with Crippen molar-refractivity contribution in [1.29, 1.82) is 0 Å². The minimum absolute atomic E-state index is 0.00180. The zero-order valence-corrected chi connectivity index (χ0v) is 57.6. The molecule has 554 valence electrons. The topological polar surface area (TPSA) is 516 Å². The summed E-state index contributed by atoms with van der Waals surface area (Å²) in [6.07, 6.45) is -18.9. The molecule has 35 heteroatoms. The third kappa shape index (κ3) is 16.3. The van der Waals surface area contributed by atoms with E-state index in [0.717, 1.165) is 66.7 Å². The number of fused-ring (bicyclic) bond motifs is 15. The maximum atomic E-state index is 16.0. The monoisotopic (exact) mass is 1480 g/mol. The number of carboxylic acids is 2. The molecule has 2 fully saturated rings. The van der Waals surface area contributed by atoms with Crippen LogP contribution in [0.25, 0.3) is 11.1 Å². The van der Waals surface area contributed by atoms with Crippen molar-refractivity contribution >= 4 is 70.6 Å². The standard InChI is InChI=1S/C68H78Cl2N8O25/c1-25(2)14-37(78(5,6)7)61(91)76-51-53(85)28-9-12-40(34(69)16-28)99-42-18-30-19-43(57(42)103-67-58(56(88)55(87)44(24-79)101-67)102-46-23-68(4,71)59(89)26(3)98-46)100-41-13-10-29(17-35(41)70)54(86)52-65(95)75-50(66(96)97)33-20-31(80)21-39(82)47(33)32-15-27(8-11-38(32)81)48(62(92)77-52)74-63(93)49(30)73-60(90)36(22-45(83)84)72-64(51)94/h8-13,15-21,25-26,36-37,44,46,48-56,58-59,67,79,85-89H,14,22-24,71H2,1-7H3,(H10-,72,73,74,75,76,77,80,81,82,83,84,90,91,92,93,94,95,96,97)/t26-,36-,37+,44+,46?,48+,49+,50-,51+,52-,53+,54+,55+,56-,58+,59+,67-,68-/m0/s1. The number of nitrogens with two attached hydrogens (primary N) is 1. The molecular formula is C68H78Cl2N8O25. The molecular weight excluding hydrogens is 1400 g/mol. The summed E-state index contributed by atoms with van der Waals surface area (Å²) < 4.78 is 38.3. The molecule has 0 spiro atoms. The number of nitrogens with one attached hydrogen (secondary N) is 6. The first-order valence-electron chi connectivity index (χ1n) is 32.3. The number of quaternary nitrogens is 1. The van der Waals surface area contributed by atoms with Crippen molar-refractivity contribution in [2.45, 2.75) is 156 Å². The second-order valence-electron chi connectivity index (χ2n) is 27.4. The van der Waals surface area contributed by atoms with Crippen molar-refractivity contribution in [1.82, 2.24) is 31.9 Å². The number of carboxylic acid groups (broad SMARTS) is 2. The number of rotatable bonds is 13. The summed E-state index contributed by atoms with van der Waals surface area (Å²) in [5.41, 5.74) is 2.00. The lowest BCUT2D eigenvalue weighted by Gasteiger charge is -2.47. The van der Waals surface area contributed by atoms with Crippen LogP contribution in [0.2, 0.25) is 10.0 Å². The number of carbonyl (C=O) groups excluding carboxylic acids is 7. The van der Waals surface area contributed by atoms with Crippen LogP contribution < -0.4 is 57.0 Å². The van der Waals surface area contributed by atoms with Crippen LogP contribution in [0.5, 0.6) is 46.0 Å². The quantitative estimate of drug-likeness (QED) is 0.0682. The first kappa shape index (κ1) is 76.4. The molecule has 7 aliphatic heterocycles. The maximum absolute atomic E-state index is 16.0. The average molecular weight is 1480 g/mol. The second kappa shape index (κ2) is 30.2. The first-order chi connectivity index (χ1) is 48.3. The Hall–Kier alpha value is -9.20. The summed E-state index contributed by atoms with van der Waals surface area (Å²) in [7, 11) is 5.12. The Labute approximate surface area is 596 Å². The van der Waals surface area contributed by atoms with E-state index in [4.69, 9.17) is 57.4 Å². The highest BCUT2D eigenvalue weighted by Gasteiger charge is 2.52. The number of halogens is 2. The molecule has 11 bridgehead atoms. The molecule has 6 amide bonds. The van der Waals surface area contributed by atoms with Crippen LogP contribution in [0.3, 0.4) is 0 Å². The molecule has 5 aromatic carbocycles. The summed E-state index contributed by atoms with van der Waals surface area (Å²) in [5.74, 6) is -17.1. The lowest BCUT2D eigenvalue weighted by molar-refractivity contribution is -0.887. The number of aliphatic carboxylic acids is 2. The van der Waals surface area contributed by atoms with E-state index in [1.165, 1.54) is 26.0 Å². The number of nitrogens with zero attached hydrogens (tertiary/aromatic N) is 1. The van der Waals surface area contributed by atoms with Gasteiger partial charge in [0, 0.05) is 35.6 Å². The van der Waals surface area contributed by atoms with Crippen molar-refractivity contribution in [3.63, 3.8) is 0 Å². The van der Waals surface area contributed by atoms with E-state index in [-0.39, 0.29) is 50.7 Å². The predicted octanol–water partition coefficient (Wildman–Crippen LogP) is -0.142. The second-order valence-corrected chi connectivity index (χ2v) is 28.2. The first-order valence-corrected chi connectivity index (χ1v) is 33.1. The van der Waals surface area contributed by atoms with Crippen molar-refractivity contribution < 1.29 is 127 Å². The van der Waals surface area contributed by atoms with Gasteiger partial charge in [-0.1, -0.05) is 55.2 Å². The van der Waals surface area contributed by atoms with Gasteiger partial charge in [-0.15, -0.1) is 0 Å². The molecule has 33 nitrogen and oxygen atoms in total. The molecule has 12 rings (SSSR count). The lowest BCUT2D eigenvalue weighted by Crippen LogP contribution is -2.64. The van der Waals surface area contributed by atoms with Crippen LogP contribution in [0, 0.1) is 5.92 Å². The van der Waals surface area contributed by atoms with Crippen LogP contribution in [-0.4, -0.2) is 210 Å². The Morgan fingerprint density at radius 2 is 1.31 bits per heavy atom. The highest BCUT2D eigenvalue weighted by Crippen LogP contribution is 2.50. The lowest BCUT2D eigenvalue weighted by atomic mass is 9.86. The number of hydrogen-bond acceptors (Lipinski definition) is 25. The van der Waals surface area contributed by atoms with Gasteiger partial charge in [0.05, 0.1) is 68.4 Å². The number of amides is 6. The summed E-state index contributed by atoms with van der Waals surface area (Å²) in [5, 5.41) is 141. The van der Waals surface area contributed by atoms with Crippen LogP contribution in [0.4, 0.5) is 0 Å². The number of likely N-dealkylation sites (N-methyl/N-ethyl adjacent to an activating group) is 1. The molecule has 18 N–H and O–H groups in total. The van der Waals surface area contributed by atoms with Gasteiger partial charge in [0.2, 0.25) is 41.6 Å². The highest BCUT2D eigenvalue weighted by molar-refractivity contribution is 6.32. The van der Waals surface area contributed by atoms with Gasteiger partial charge < -0.3 is 132 Å². The molecule has 2 saturated heterocycles. The Morgan fingerprint density at radius 1 is 0.718 bits per heavy atom. The molecule has 0 saturated carbocycles. The smallest absolute Gasteiger partial charge is 0.305 e.